The number of thiazole rings is 1. The van der Waals surface area contributed by atoms with Gasteiger partial charge in [-0.3, -0.25) is 19.9 Å². The number of aromatic nitrogens is 3. The third-order valence-electron chi connectivity index (χ3n) is 3.37. The van der Waals surface area contributed by atoms with Gasteiger partial charge in [0, 0.05) is 28.5 Å². The second kappa shape index (κ2) is 8.03. The molecule has 0 aliphatic rings. The highest BCUT2D eigenvalue weighted by Crippen LogP contribution is 2.21. The van der Waals surface area contributed by atoms with E-state index < -0.39 is 5.91 Å². The zero-order valence-corrected chi connectivity index (χ0v) is 15.3. The fourth-order valence-corrected chi connectivity index (χ4v) is 2.95. The van der Waals surface area contributed by atoms with Gasteiger partial charge in [-0.25, -0.2) is 9.97 Å². The predicted octanol–water partition coefficient (Wildman–Crippen LogP) is 3.33. The van der Waals surface area contributed by atoms with Crippen LogP contribution in [0.2, 0.25) is 5.02 Å². The molecule has 26 heavy (non-hydrogen) atoms. The van der Waals surface area contributed by atoms with Crippen LogP contribution in [0.1, 0.15) is 21.7 Å². The first-order valence-electron chi connectivity index (χ1n) is 7.59. The highest BCUT2D eigenvalue weighted by Gasteiger charge is 2.12. The smallest absolute Gasteiger partial charge is 0.277 e. The van der Waals surface area contributed by atoms with Gasteiger partial charge in [0.15, 0.2) is 5.13 Å². The van der Waals surface area contributed by atoms with Gasteiger partial charge in [0.05, 0.1) is 18.3 Å². The summed E-state index contributed by atoms with van der Waals surface area (Å²) in [6.45, 7) is 1.89. The molecule has 2 heterocycles. The first kappa shape index (κ1) is 18.0. The van der Waals surface area contributed by atoms with Crippen molar-refractivity contribution < 1.29 is 9.59 Å². The minimum Gasteiger partial charge on any atom is -0.326 e. The number of benzene rings is 1. The molecule has 0 spiro atoms. The lowest BCUT2D eigenvalue weighted by Gasteiger charge is -2.06. The molecule has 0 unspecified atom stereocenters. The normalized spacial score (nSPS) is 10.4. The molecule has 0 radical (unpaired) electrons. The summed E-state index contributed by atoms with van der Waals surface area (Å²) in [5, 5.41) is 8.10. The highest BCUT2D eigenvalue weighted by atomic mass is 35.5. The highest BCUT2D eigenvalue weighted by molar-refractivity contribution is 7.14. The Bertz CT molecular complexity index is 945. The average molecular weight is 388 g/mol. The summed E-state index contributed by atoms with van der Waals surface area (Å²) in [4.78, 5) is 36.1. The number of nitrogens with zero attached hydrogens (tertiary/aromatic N) is 3. The maximum atomic E-state index is 12.1. The van der Waals surface area contributed by atoms with Crippen molar-refractivity contribution in [3.8, 4) is 0 Å². The third-order valence-corrected chi connectivity index (χ3v) is 4.58. The average Bonchev–Trinajstić information content (AvgIpc) is 3.05. The number of nitrogens with one attached hydrogen (secondary N) is 2. The summed E-state index contributed by atoms with van der Waals surface area (Å²) in [7, 11) is 0. The van der Waals surface area contributed by atoms with Crippen LogP contribution in [0.4, 0.5) is 10.8 Å². The number of amides is 2. The van der Waals surface area contributed by atoms with Crippen LogP contribution in [-0.2, 0) is 11.2 Å². The Balaban J connectivity index is 1.58. The summed E-state index contributed by atoms with van der Waals surface area (Å²) in [5.41, 5.74) is 2.31. The van der Waals surface area contributed by atoms with E-state index in [1.165, 1.54) is 29.9 Å². The van der Waals surface area contributed by atoms with Crippen molar-refractivity contribution in [3.05, 3.63) is 64.1 Å². The van der Waals surface area contributed by atoms with Crippen molar-refractivity contribution in [3.63, 3.8) is 0 Å². The van der Waals surface area contributed by atoms with Gasteiger partial charge < -0.3 is 5.32 Å². The maximum Gasteiger partial charge on any atom is 0.277 e. The molecular formula is C17H14ClN5O2S. The molecule has 2 amide bonds. The molecule has 9 heteroatoms. The number of carbonyl (C=O) groups is 2. The Kier molecular flexibility index (Phi) is 5.55. The van der Waals surface area contributed by atoms with E-state index in [1.807, 2.05) is 13.0 Å². The molecule has 0 fully saturated rings. The fourth-order valence-electron chi connectivity index (χ4n) is 2.06. The van der Waals surface area contributed by atoms with E-state index in [-0.39, 0.29) is 18.0 Å². The molecular weight excluding hydrogens is 374 g/mol. The van der Waals surface area contributed by atoms with E-state index in [1.54, 1.807) is 17.5 Å². The topological polar surface area (TPSA) is 96.9 Å². The minimum atomic E-state index is -0.405. The summed E-state index contributed by atoms with van der Waals surface area (Å²) in [5.74, 6) is -0.625. The molecule has 0 aliphatic heterocycles. The Morgan fingerprint density at radius 2 is 2.08 bits per heavy atom. The Hall–Kier alpha value is -2.84. The number of carbonyl (C=O) groups excluding carboxylic acids is 2. The summed E-state index contributed by atoms with van der Waals surface area (Å²) >= 11 is 7.28. The largest absolute Gasteiger partial charge is 0.326 e. The van der Waals surface area contributed by atoms with Crippen LogP contribution in [0.15, 0.2) is 42.2 Å². The zero-order valence-electron chi connectivity index (χ0n) is 13.7. The van der Waals surface area contributed by atoms with Crippen LogP contribution < -0.4 is 10.6 Å². The van der Waals surface area contributed by atoms with E-state index in [2.05, 4.69) is 25.6 Å². The van der Waals surface area contributed by atoms with Gasteiger partial charge >= 0.3 is 0 Å². The number of hydrogen-bond acceptors (Lipinski definition) is 6. The lowest BCUT2D eigenvalue weighted by atomic mass is 10.2. The van der Waals surface area contributed by atoms with Gasteiger partial charge in [-0.1, -0.05) is 17.7 Å². The number of aryl methyl sites for hydroxylation is 1. The second-order valence-electron chi connectivity index (χ2n) is 5.38. The van der Waals surface area contributed by atoms with Gasteiger partial charge in [0.25, 0.3) is 5.91 Å². The molecule has 1 aromatic carbocycles. The number of hydrogen-bond donors (Lipinski definition) is 2. The van der Waals surface area contributed by atoms with Crippen LogP contribution in [0.5, 0.6) is 0 Å². The standard InChI is InChI=1S/C17H14ClN5O2S/c1-10-2-3-11(6-13(10)18)21-15(24)7-12-9-26-17(22-12)23-16(25)14-8-19-4-5-20-14/h2-6,8-9H,7H2,1H3,(H,21,24)(H,22,23,25). The van der Waals surface area contributed by atoms with Crippen molar-refractivity contribution >= 4 is 45.6 Å². The molecule has 0 saturated heterocycles. The van der Waals surface area contributed by atoms with Crippen LogP contribution in [0, 0.1) is 6.92 Å². The van der Waals surface area contributed by atoms with Crippen LogP contribution in [-0.4, -0.2) is 26.8 Å². The molecule has 0 bridgehead atoms. The van der Waals surface area contributed by atoms with E-state index >= 15 is 0 Å². The maximum absolute atomic E-state index is 12.1. The van der Waals surface area contributed by atoms with Gasteiger partial charge in [-0.2, -0.15) is 0 Å². The third kappa shape index (κ3) is 4.62. The zero-order chi connectivity index (χ0) is 18.5. The minimum absolute atomic E-state index is 0.0863. The second-order valence-corrected chi connectivity index (χ2v) is 6.64. The van der Waals surface area contributed by atoms with E-state index in [9.17, 15) is 9.59 Å². The van der Waals surface area contributed by atoms with Crippen LogP contribution in [0.3, 0.4) is 0 Å². The fraction of sp³-hybridized carbons (Fsp3) is 0.118. The van der Waals surface area contributed by atoms with E-state index in [4.69, 9.17) is 11.6 Å². The molecule has 2 aromatic heterocycles. The van der Waals surface area contributed by atoms with Crippen molar-refractivity contribution in [2.24, 2.45) is 0 Å². The quantitative estimate of drug-likeness (QED) is 0.699. The van der Waals surface area contributed by atoms with Crippen LogP contribution in [0.25, 0.3) is 0 Å². The van der Waals surface area contributed by atoms with Crippen molar-refractivity contribution in [1.29, 1.82) is 0 Å². The monoisotopic (exact) mass is 387 g/mol. The Morgan fingerprint density at radius 3 is 2.81 bits per heavy atom. The van der Waals surface area contributed by atoms with Gasteiger partial charge in [0.1, 0.15) is 5.69 Å². The first-order chi connectivity index (χ1) is 12.5. The van der Waals surface area contributed by atoms with Crippen LogP contribution >= 0.6 is 22.9 Å². The lowest BCUT2D eigenvalue weighted by Crippen LogP contribution is -2.15. The summed E-state index contributed by atoms with van der Waals surface area (Å²) in [6, 6.07) is 5.32. The molecule has 0 aliphatic carbocycles. The van der Waals surface area contributed by atoms with Crippen molar-refractivity contribution in [2.75, 3.05) is 10.6 Å². The predicted molar refractivity (Wildman–Crippen MR) is 101 cm³/mol. The molecule has 3 aromatic rings. The first-order valence-corrected chi connectivity index (χ1v) is 8.85. The number of rotatable bonds is 5. The Morgan fingerprint density at radius 1 is 1.23 bits per heavy atom. The number of anilines is 2. The summed E-state index contributed by atoms with van der Waals surface area (Å²) < 4.78 is 0. The van der Waals surface area contributed by atoms with Crippen molar-refractivity contribution in [2.45, 2.75) is 13.3 Å². The molecule has 132 valence electrons. The molecule has 0 atom stereocenters. The van der Waals surface area contributed by atoms with Crippen molar-refractivity contribution in [1.82, 2.24) is 15.0 Å². The number of halogens is 1. The molecule has 3 rings (SSSR count). The molecule has 0 saturated carbocycles. The molecule has 2 N–H and O–H groups in total. The van der Waals surface area contributed by atoms with Gasteiger partial charge in [-0.15, -0.1) is 11.3 Å². The lowest BCUT2D eigenvalue weighted by molar-refractivity contribution is -0.115. The van der Waals surface area contributed by atoms with Gasteiger partial charge in [0.2, 0.25) is 5.91 Å². The molecule has 7 nitrogen and oxygen atoms in total. The SMILES string of the molecule is Cc1ccc(NC(=O)Cc2csc(NC(=O)c3cnccn3)n2)cc1Cl. The van der Waals surface area contributed by atoms with E-state index in [0.29, 0.717) is 21.5 Å². The Labute approximate surface area is 158 Å². The summed E-state index contributed by atoms with van der Waals surface area (Å²) in [6.07, 6.45) is 4.37. The van der Waals surface area contributed by atoms with Gasteiger partial charge in [-0.05, 0) is 24.6 Å². The van der Waals surface area contributed by atoms with E-state index in [0.717, 1.165) is 5.56 Å².